The standard InChI is InChI=1S/C14H21NO4S/c1-10-11(6-5-7-12(10)15)8-20(17,18)9-13(16)19-14(2,3)4/h5-7H,8-9,15H2,1-4H3. The number of nitrogen functional groups attached to an aromatic ring is 1. The highest BCUT2D eigenvalue weighted by Gasteiger charge is 2.23. The topological polar surface area (TPSA) is 86.5 Å². The van der Waals surface area contributed by atoms with Crippen molar-refractivity contribution in [2.24, 2.45) is 0 Å². The van der Waals surface area contributed by atoms with Crippen molar-refractivity contribution in [2.45, 2.75) is 39.0 Å². The molecule has 0 saturated carbocycles. The molecule has 0 bridgehead atoms. The Morgan fingerprint density at radius 2 is 1.90 bits per heavy atom. The molecule has 0 unspecified atom stereocenters. The van der Waals surface area contributed by atoms with E-state index in [1.807, 2.05) is 0 Å². The van der Waals surface area contributed by atoms with Gasteiger partial charge in [-0.15, -0.1) is 0 Å². The number of benzene rings is 1. The molecule has 0 aromatic heterocycles. The van der Waals surface area contributed by atoms with Crippen LogP contribution in [-0.2, 0) is 25.1 Å². The Morgan fingerprint density at radius 1 is 1.30 bits per heavy atom. The molecule has 0 spiro atoms. The van der Waals surface area contributed by atoms with Crippen LogP contribution in [0.3, 0.4) is 0 Å². The summed E-state index contributed by atoms with van der Waals surface area (Å²) < 4.78 is 29.1. The zero-order valence-electron chi connectivity index (χ0n) is 12.3. The normalized spacial score (nSPS) is 12.2. The molecule has 0 saturated heterocycles. The molecular weight excluding hydrogens is 278 g/mol. The van der Waals surface area contributed by atoms with E-state index in [1.165, 1.54) is 0 Å². The monoisotopic (exact) mass is 299 g/mol. The van der Waals surface area contributed by atoms with Gasteiger partial charge in [0.25, 0.3) is 0 Å². The summed E-state index contributed by atoms with van der Waals surface area (Å²) in [7, 11) is -3.58. The average Bonchev–Trinajstić information content (AvgIpc) is 2.20. The van der Waals surface area contributed by atoms with Crippen molar-refractivity contribution < 1.29 is 17.9 Å². The Balaban J connectivity index is 2.81. The largest absolute Gasteiger partial charge is 0.459 e. The maximum atomic E-state index is 12.0. The quantitative estimate of drug-likeness (QED) is 0.677. The van der Waals surface area contributed by atoms with Crippen LogP contribution in [0.2, 0.25) is 0 Å². The smallest absolute Gasteiger partial charge is 0.321 e. The van der Waals surface area contributed by atoms with Crippen LogP contribution in [-0.4, -0.2) is 25.7 Å². The summed E-state index contributed by atoms with van der Waals surface area (Å²) in [6.45, 7) is 6.84. The molecule has 0 fully saturated rings. The van der Waals surface area contributed by atoms with E-state index < -0.39 is 27.2 Å². The minimum atomic E-state index is -3.58. The Labute approximate surface area is 120 Å². The van der Waals surface area contributed by atoms with Crippen molar-refractivity contribution in [2.75, 3.05) is 11.5 Å². The molecule has 6 heteroatoms. The molecule has 1 aromatic carbocycles. The van der Waals surface area contributed by atoms with Crippen LogP contribution >= 0.6 is 0 Å². The summed E-state index contributed by atoms with van der Waals surface area (Å²) in [5.74, 6) is -1.58. The van der Waals surface area contributed by atoms with Crippen molar-refractivity contribution >= 4 is 21.5 Å². The third-order valence-corrected chi connectivity index (χ3v) is 4.05. The summed E-state index contributed by atoms with van der Waals surface area (Å²) in [5, 5.41) is 0. The Kier molecular flexibility index (Phi) is 4.81. The molecule has 0 amide bonds. The van der Waals surface area contributed by atoms with Gasteiger partial charge in [-0.25, -0.2) is 8.42 Å². The first-order valence-electron chi connectivity index (χ1n) is 6.26. The fraction of sp³-hybridized carbons (Fsp3) is 0.500. The van der Waals surface area contributed by atoms with E-state index in [0.29, 0.717) is 11.3 Å². The second-order valence-corrected chi connectivity index (χ2v) is 7.81. The van der Waals surface area contributed by atoms with Gasteiger partial charge in [-0.1, -0.05) is 12.1 Å². The van der Waals surface area contributed by atoms with Crippen LogP contribution in [0.4, 0.5) is 5.69 Å². The van der Waals surface area contributed by atoms with Gasteiger partial charge in [0.2, 0.25) is 0 Å². The summed E-state index contributed by atoms with van der Waals surface area (Å²) >= 11 is 0. The van der Waals surface area contributed by atoms with Gasteiger partial charge < -0.3 is 10.5 Å². The van der Waals surface area contributed by atoms with Crippen LogP contribution in [0.15, 0.2) is 18.2 Å². The number of hydrogen-bond acceptors (Lipinski definition) is 5. The summed E-state index contributed by atoms with van der Waals surface area (Å²) in [6.07, 6.45) is 0. The number of anilines is 1. The molecule has 2 N–H and O–H groups in total. The second-order valence-electron chi connectivity index (χ2n) is 5.75. The van der Waals surface area contributed by atoms with Crippen molar-refractivity contribution in [1.82, 2.24) is 0 Å². The van der Waals surface area contributed by atoms with E-state index in [4.69, 9.17) is 10.5 Å². The number of carbonyl (C=O) groups is 1. The highest BCUT2D eigenvalue weighted by Crippen LogP contribution is 2.18. The van der Waals surface area contributed by atoms with Gasteiger partial charge in [0.05, 0.1) is 5.75 Å². The third-order valence-electron chi connectivity index (χ3n) is 2.62. The van der Waals surface area contributed by atoms with Gasteiger partial charge in [-0.2, -0.15) is 0 Å². The molecular formula is C14H21NO4S. The zero-order chi connectivity index (χ0) is 15.6. The van der Waals surface area contributed by atoms with Gasteiger partial charge in [0.15, 0.2) is 9.84 Å². The minimum Gasteiger partial charge on any atom is -0.459 e. The maximum Gasteiger partial charge on any atom is 0.321 e. The van der Waals surface area contributed by atoms with Crippen molar-refractivity contribution in [3.05, 3.63) is 29.3 Å². The van der Waals surface area contributed by atoms with Crippen LogP contribution < -0.4 is 5.73 Å². The third kappa shape index (κ3) is 5.21. The summed E-state index contributed by atoms with van der Waals surface area (Å²) in [5.41, 5.74) is 6.91. The van der Waals surface area contributed by atoms with Gasteiger partial charge in [-0.05, 0) is 44.9 Å². The first kappa shape index (κ1) is 16.5. The SMILES string of the molecule is Cc1c(N)cccc1CS(=O)(=O)CC(=O)OC(C)(C)C. The van der Waals surface area contributed by atoms with E-state index >= 15 is 0 Å². The first-order valence-corrected chi connectivity index (χ1v) is 8.08. The van der Waals surface area contributed by atoms with Gasteiger partial charge in [0, 0.05) is 5.69 Å². The molecule has 0 aliphatic heterocycles. The van der Waals surface area contributed by atoms with Crippen LogP contribution in [0, 0.1) is 6.92 Å². The predicted molar refractivity (Wildman–Crippen MR) is 78.9 cm³/mol. The van der Waals surface area contributed by atoms with Crippen molar-refractivity contribution in [1.29, 1.82) is 0 Å². The Bertz CT molecular complexity index is 600. The lowest BCUT2D eigenvalue weighted by Gasteiger charge is -2.19. The van der Waals surface area contributed by atoms with Crippen molar-refractivity contribution in [3.63, 3.8) is 0 Å². The molecule has 0 aliphatic rings. The molecule has 20 heavy (non-hydrogen) atoms. The van der Waals surface area contributed by atoms with Crippen LogP contribution in [0.1, 0.15) is 31.9 Å². The van der Waals surface area contributed by atoms with E-state index in [9.17, 15) is 13.2 Å². The molecule has 0 atom stereocenters. The maximum absolute atomic E-state index is 12.0. The molecule has 0 radical (unpaired) electrons. The number of hydrogen-bond donors (Lipinski definition) is 1. The summed E-state index contributed by atoms with van der Waals surface area (Å²) in [4.78, 5) is 11.6. The molecule has 1 rings (SSSR count). The van der Waals surface area contributed by atoms with Gasteiger partial charge in [-0.3, -0.25) is 4.79 Å². The molecule has 5 nitrogen and oxygen atoms in total. The first-order chi connectivity index (χ1) is 9.00. The Hall–Kier alpha value is -1.56. The number of rotatable bonds is 4. The van der Waals surface area contributed by atoms with Gasteiger partial charge in [0.1, 0.15) is 11.4 Å². The number of esters is 1. The predicted octanol–water partition coefficient (Wildman–Crippen LogP) is 1.83. The highest BCUT2D eigenvalue weighted by atomic mass is 32.2. The number of ether oxygens (including phenoxy) is 1. The van der Waals surface area contributed by atoms with E-state index in [1.54, 1.807) is 45.9 Å². The van der Waals surface area contributed by atoms with E-state index in [0.717, 1.165) is 5.56 Å². The lowest BCUT2D eigenvalue weighted by Crippen LogP contribution is -2.29. The lowest BCUT2D eigenvalue weighted by atomic mass is 10.1. The summed E-state index contributed by atoms with van der Waals surface area (Å²) in [6, 6.07) is 5.10. The Morgan fingerprint density at radius 3 is 2.45 bits per heavy atom. The van der Waals surface area contributed by atoms with Crippen LogP contribution in [0.25, 0.3) is 0 Å². The fourth-order valence-corrected chi connectivity index (χ4v) is 3.00. The number of nitrogens with two attached hydrogens (primary N) is 1. The zero-order valence-corrected chi connectivity index (χ0v) is 13.1. The van der Waals surface area contributed by atoms with E-state index in [-0.39, 0.29) is 5.75 Å². The van der Waals surface area contributed by atoms with Crippen molar-refractivity contribution in [3.8, 4) is 0 Å². The minimum absolute atomic E-state index is 0.219. The highest BCUT2D eigenvalue weighted by molar-refractivity contribution is 7.91. The number of carbonyl (C=O) groups excluding carboxylic acids is 1. The lowest BCUT2D eigenvalue weighted by molar-refractivity contribution is -0.151. The average molecular weight is 299 g/mol. The fourth-order valence-electron chi connectivity index (χ4n) is 1.70. The molecule has 0 heterocycles. The van der Waals surface area contributed by atoms with Gasteiger partial charge >= 0.3 is 5.97 Å². The number of sulfone groups is 1. The second kappa shape index (κ2) is 5.83. The van der Waals surface area contributed by atoms with E-state index in [2.05, 4.69) is 0 Å². The molecule has 1 aromatic rings. The van der Waals surface area contributed by atoms with Crippen LogP contribution in [0.5, 0.6) is 0 Å². The molecule has 0 aliphatic carbocycles. The molecule has 112 valence electrons.